The van der Waals surface area contributed by atoms with Gasteiger partial charge >= 0.3 is 0 Å². The van der Waals surface area contributed by atoms with Crippen molar-refractivity contribution in [2.45, 2.75) is 26.1 Å². The van der Waals surface area contributed by atoms with E-state index in [0.29, 0.717) is 6.54 Å². The molecule has 1 saturated heterocycles. The van der Waals surface area contributed by atoms with E-state index in [4.69, 9.17) is 9.47 Å². The van der Waals surface area contributed by atoms with Crippen LogP contribution in [0.4, 0.5) is 5.69 Å². The largest absolute Gasteiger partial charge is 0.497 e. The highest BCUT2D eigenvalue weighted by molar-refractivity contribution is 5.91. The smallest absolute Gasteiger partial charge is 0.279 e. The van der Waals surface area contributed by atoms with Gasteiger partial charge in [0.15, 0.2) is 6.54 Å². The Hall–Kier alpha value is -1.59. The predicted octanol–water partition coefficient (Wildman–Crippen LogP) is 0.326. The van der Waals surface area contributed by atoms with Crippen molar-refractivity contribution in [2.75, 3.05) is 32.1 Å². The summed E-state index contributed by atoms with van der Waals surface area (Å²) in [6, 6.07) is 7.39. The molecule has 0 spiro atoms. The van der Waals surface area contributed by atoms with Gasteiger partial charge in [0.05, 0.1) is 7.11 Å². The summed E-state index contributed by atoms with van der Waals surface area (Å²) in [5.74, 6) is 0.762. The first-order valence-corrected chi connectivity index (χ1v) is 6.99. The fourth-order valence-electron chi connectivity index (χ4n) is 2.67. The van der Waals surface area contributed by atoms with Crippen LogP contribution in [0.15, 0.2) is 24.3 Å². The summed E-state index contributed by atoms with van der Waals surface area (Å²) in [5, 5.41) is 2.91. The number of rotatable bonds is 4. The molecule has 20 heavy (non-hydrogen) atoms. The van der Waals surface area contributed by atoms with Crippen LogP contribution in [0.2, 0.25) is 0 Å². The lowest BCUT2D eigenvalue weighted by atomic mass is 10.2. The molecular formula is C15H23N2O3+. The summed E-state index contributed by atoms with van der Waals surface area (Å²) in [6.45, 7) is 6.31. The van der Waals surface area contributed by atoms with Gasteiger partial charge in [-0.25, -0.2) is 0 Å². The Morgan fingerprint density at radius 1 is 1.40 bits per heavy atom. The maximum absolute atomic E-state index is 12.1. The number of methoxy groups -OCH3 is 1. The highest BCUT2D eigenvalue weighted by atomic mass is 16.5. The maximum Gasteiger partial charge on any atom is 0.279 e. The van der Waals surface area contributed by atoms with Gasteiger partial charge in [0.2, 0.25) is 0 Å². The van der Waals surface area contributed by atoms with Gasteiger partial charge in [-0.1, -0.05) is 6.07 Å². The van der Waals surface area contributed by atoms with Crippen molar-refractivity contribution in [3.8, 4) is 5.75 Å². The molecule has 0 aromatic heterocycles. The fraction of sp³-hybridized carbons (Fsp3) is 0.533. The minimum absolute atomic E-state index is 0.0227. The topological polar surface area (TPSA) is 52.0 Å². The van der Waals surface area contributed by atoms with Crippen LogP contribution in [0, 0.1) is 0 Å². The van der Waals surface area contributed by atoms with Crippen LogP contribution in [0.5, 0.6) is 5.75 Å². The maximum atomic E-state index is 12.1. The molecule has 2 rings (SSSR count). The molecule has 1 amide bonds. The zero-order chi connectivity index (χ0) is 14.5. The van der Waals surface area contributed by atoms with Crippen molar-refractivity contribution in [3.63, 3.8) is 0 Å². The number of morpholine rings is 1. The van der Waals surface area contributed by atoms with Gasteiger partial charge in [-0.2, -0.15) is 0 Å². The van der Waals surface area contributed by atoms with Gasteiger partial charge < -0.3 is 19.7 Å². The SMILES string of the molecule is COc1cccc(NC(=O)C[NH+]2C[C@@H](C)O[C@@H](C)C2)c1. The standard InChI is InChI=1S/C15H22N2O3/c1-11-8-17(9-12(2)20-11)10-15(18)16-13-5-4-6-14(7-13)19-3/h4-7,11-12H,8-10H2,1-3H3,(H,16,18)/p+1/t11-,12+. The van der Waals surface area contributed by atoms with Crippen LogP contribution in [-0.4, -0.2) is 44.9 Å². The Kier molecular flexibility index (Phi) is 4.98. The average molecular weight is 279 g/mol. The number of amides is 1. The van der Waals surface area contributed by atoms with E-state index in [1.165, 1.54) is 4.90 Å². The Morgan fingerprint density at radius 2 is 2.10 bits per heavy atom. The summed E-state index contributed by atoms with van der Waals surface area (Å²) >= 11 is 0. The Morgan fingerprint density at radius 3 is 2.75 bits per heavy atom. The molecule has 0 aliphatic carbocycles. The second-order valence-electron chi connectivity index (χ2n) is 5.37. The Bertz CT molecular complexity index is 454. The number of carbonyl (C=O) groups is 1. The van der Waals surface area contributed by atoms with Gasteiger partial charge in [0.1, 0.15) is 31.0 Å². The molecule has 1 unspecified atom stereocenters. The molecule has 1 aromatic carbocycles. The number of quaternary nitrogens is 1. The number of ether oxygens (including phenoxy) is 2. The van der Waals surface area contributed by atoms with Crippen LogP contribution in [-0.2, 0) is 9.53 Å². The summed E-state index contributed by atoms with van der Waals surface area (Å²) in [5.41, 5.74) is 0.767. The van der Waals surface area contributed by atoms with Crippen molar-refractivity contribution in [3.05, 3.63) is 24.3 Å². The lowest BCUT2D eigenvalue weighted by Crippen LogP contribution is -3.16. The number of hydrogen-bond acceptors (Lipinski definition) is 3. The zero-order valence-electron chi connectivity index (χ0n) is 12.3. The van der Waals surface area contributed by atoms with E-state index in [1.807, 2.05) is 24.3 Å². The number of benzene rings is 1. The van der Waals surface area contributed by atoms with Gasteiger partial charge in [0, 0.05) is 11.8 Å². The number of anilines is 1. The van der Waals surface area contributed by atoms with Crippen molar-refractivity contribution in [1.82, 2.24) is 0 Å². The van der Waals surface area contributed by atoms with Crippen molar-refractivity contribution in [2.24, 2.45) is 0 Å². The summed E-state index contributed by atoms with van der Waals surface area (Å²) in [6.07, 6.45) is 0.414. The van der Waals surface area contributed by atoms with Gasteiger partial charge in [-0.05, 0) is 26.0 Å². The average Bonchev–Trinajstić information content (AvgIpc) is 2.37. The zero-order valence-corrected chi connectivity index (χ0v) is 12.3. The van der Waals surface area contributed by atoms with Crippen molar-refractivity contribution < 1.29 is 19.2 Å². The lowest BCUT2D eigenvalue weighted by Gasteiger charge is -2.31. The molecule has 1 aliphatic rings. The van der Waals surface area contributed by atoms with E-state index in [0.717, 1.165) is 24.5 Å². The van der Waals surface area contributed by atoms with Crippen LogP contribution in [0.1, 0.15) is 13.8 Å². The molecule has 110 valence electrons. The summed E-state index contributed by atoms with van der Waals surface area (Å²) in [7, 11) is 1.61. The van der Waals surface area contributed by atoms with E-state index >= 15 is 0 Å². The van der Waals surface area contributed by atoms with E-state index in [-0.39, 0.29) is 18.1 Å². The molecule has 1 aromatic rings. The molecule has 5 nitrogen and oxygen atoms in total. The summed E-state index contributed by atoms with van der Waals surface area (Å²) in [4.78, 5) is 13.3. The van der Waals surface area contributed by atoms with E-state index in [9.17, 15) is 4.79 Å². The molecular weight excluding hydrogens is 256 g/mol. The summed E-state index contributed by atoms with van der Waals surface area (Å²) < 4.78 is 10.8. The van der Waals surface area contributed by atoms with Gasteiger partial charge in [-0.3, -0.25) is 4.79 Å². The first-order valence-electron chi connectivity index (χ1n) is 6.99. The molecule has 0 bridgehead atoms. The molecule has 5 heteroatoms. The minimum Gasteiger partial charge on any atom is -0.497 e. The number of nitrogens with one attached hydrogen (secondary N) is 2. The van der Waals surface area contributed by atoms with E-state index < -0.39 is 0 Å². The van der Waals surface area contributed by atoms with Crippen molar-refractivity contribution in [1.29, 1.82) is 0 Å². The fourth-order valence-corrected chi connectivity index (χ4v) is 2.67. The molecule has 0 radical (unpaired) electrons. The molecule has 1 fully saturated rings. The predicted molar refractivity (Wildman–Crippen MR) is 77.2 cm³/mol. The number of hydrogen-bond donors (Lipinski definition) is 2. The quantitative estimate of drug-likeness (QED) is 0.835. The molecule has 2 N–H and O–H groups in total. The first kappa shape index (κ1) is 14.8. The number of carbonyl (C=O) groups excluding carboxylic acids is 1. The van der Waals surface area contributed by atoms with Crippen molar-refractivity contribution >= 4 is 11.6 Å². The van der Waals surface area contributed by atoms with Crippen LogP contribution >= 0.6 is 0 Å². The Labute approximate surface area is 119 Å². The molecule has 0 saturated carbocycles. The minimum atomic E-state index is 0.0227. The van der Waals surface area contributed by atoms with Crippen LogP contribution in [0.25, 0.3) is 0 Å². The highest BCUT2D eigenvalue weighted by Gasteiger charge is 2.27. The second-order valence-corrected chi connectivity index (χ2v) is 5.37. The molecule has 1 heterocycles. The van der Waals surface area contributed by atoms with Crippen LogP contribution in [0.3, 0.4) is 0 Å². The van der Waals surface area contributed by atoms with Gasteiger partial charge in [-0.15, -0.1) is 0 Å². The molecule has 1 aliphatic heterocycles. The van der Waals surface area contributed by atoms with E-state index in [2.05, 4.69) is 19.2 Å². The first-order chi connectivity index (χ1) is 9.56. The normalized spacial score (nSPS) is 26.1. The third-order valence-electron chi connectivity index (χ3n) is 3.38. The van der Waals surface area contributed by atoms with E-state index in [1.54, 1.807) is 7.11 Å². The Balaban J connectivity index is 1.88. The lowest BCUT2D eigenvalue weighted by molar-refractivity contribution is -0.907. The third kappa shape index (κ3) is 4.21. The third-order valence-corrected chi connectivity index (χ3v) is 3.38. The highest BCUT2D eigenvalue weighted by Crippen LogP contribution is 2.16. The van der Waals surface area contributed by atoms with Crippen LogP contribution < -0.4 is 15.0 Å². The molecule has 3 atom stereocenters. The monoisotopic (exact) mass is 279 g/mol. The van der Waals surface area contributed by atoms with Gasteiger partial charge in [0.25, 0.3) is 5.91 Å². The second kappa shape index (κ2) is 6.72.